The zero-order valence-corrected chi connectivity index (χ0v) is 13.1. The molecule has 1 unspecified atom stereocenters. The fourth-order valence-corrected chi connectivity index (χ4v) is 3.31. The molecule has 5 heteroatoms. The molecule has 20 heavy (non-hydrogen) atoms. The molecule has 4 nitrogen and oxygen atoms in total. The Morgan fingerprint density at radius 2 is 2.25 bits per heavy atom. The number of aryl methyl sites for hydroxylation is 2. The third-order valence-electron chi connectivity index (χ3n) is 3.62. The highest BCUT2D eigenvalue weighted by Crippen LogP contribution is 2.35. The van der Waals surface area contributed by atoms with E-state index in [1.54, 1.807) is 4.68 Å². The lowest BCUT2D eigenvalue weighted by atomic mass is 10.0. The van der Waals surface area contributed by atoms with Crippen molar-refractivity contribution < 1.29 is 9.84 Å². The average Bonchev–Trinajstić information content (AvgIpc) is 2.95. The Morgan fingerprint density at radius 1 is 1.45 bits per heavy atom. The molecule has 0 saturated heterocycles. The van der Waals surface area contributed by atoms with E-state index in [1.165, 1.54) is 5.56 Å². The van der Waals surface area contributed by atoms with Gasteiger partial charge >= 0.3 is 0 Å². The van der Waals surface area contributed by atoms with Gasteiger partial charge in [0.05, 0.1) is 24.1 Å². The Balaban J connectivity index is 1.90. The maximum absolute atomic E-state index is 10.5. The second kappa shape index (κ2) is 5.22. The van der Waals surface area contributed by atoms with Gasteiger partial charge in [0.25, 0.3) is 0 Å². The number of halogens is 1. The Hall–Kier alpha value is -1.33. The van der Waals surface area contributed by atoms with Crippen molar-refractivity contribution in [1.29, 1.82) is 0 Å². The quantitative estimate of drug-likeness (QED) is 0.937. The molecule has 1 aromatic heterocycles. The summed E-state index contributed by atoms with van der Waals surface area (Å²) in [5.74, 6) is 0.936. The lowest BCUT2D eigenvalue weighted by Gasteiger charge is -2.14. The molecule has 1 aromatic carbocycles. The van der Waals surface area contributed by atoms with E-state index in [4.69, 9.17) is 4.74 Å². The van der Waals surface area contributed by atoms with E-state index in [1.807, 2.05) is 26.1 Å². The summed E-state index contributed by atoms with van der Waals surface area (Å²) in [7, 11) is 1.85. The number of aromatic nitrogens is 2. The van der Waals surface area contributed by atoms with E-state index >= 15 is 0 Å². The summed E-state index contributed by atoms with van der Waals surface area (Å²) in [4.78, 5) is 0. The van der Waals surface area contributed by atoms with Crippen LogP contribution in [0.4, 0.5) is 0 Å². The van der Waals surface area contributed by atoms with E-state index < -0.39 is 6.10 Å². The maximum atomic E-state index is 10.5. The Bertz CT molecular complexity index is 652. The molecule has 1 aliphatic rings. The van der Waals surface area contributed by atoms with Gasteiger partial charge in [0.2, 0.25) is 0 Å². The molecule has 1 atom stereocenters. The topological polar surface area (TPSA) is 47.3 Å². The van der Waals surface area contributed by atoms with Crippen LogP contribution >= 0.6 is 15.9 Å². The second-order valence-electron chi connectivity index (χ2n) is 5.21. The van der Waals surface area contributed by atoms with Crippen molar-refractivity contribution in [2.24, 2.45) is 7.05 Å². The highest BCUT2D eigenvalue weighted by atomic mass is 79.9. The molecule has 2 heterocycles. The summed E-state index contributed by atoms with van der Waals surface area (Å²) >= 11 is 3.53. The number of aliphatic hydroxyl groups excluding tert-OH is 1. The minimum absolute atomic E-state index is 0.529. The minimum Gasteiger partial charge on any atom is -0.493 e. The highest BCUT2D eigenvalue weighted by molar-refractivity contribution is 9.10. The smallest absolute Gasteiger partial charge is 0.125 e. The largest absolute Gasteiger partial charge is 0.493 e. The fraction of sp³-hybridized carbons (Fsp3) is 0.400. The Labute approximate surface area is 126 Å². The second-order valence-corrected chi connectivity index (χ2v) is 6.12. The number of hydrogen-bond donors (Lipinski definition) is 1. The van der Waals surface area contributed by atoms with Crippen molar-refractivity contribution in [2.75, 3.05) is 6.61 Å². The summed E-state index contributed by atoms with van der Waals surface area (Å²) in [6, 6.07) is 6.03. The molecule has 0 amide bonds. The van der Waals surface area contributed by atoms with Crippen LogP contribution in [0.1, 0.15) is 28.6 Å². The van der Waals surface area contributed by atoms with Gasteiger partial charge in [-0.25, -0.2) is 0 Å². The van der Waals surface area contributed by atoms with Crippen molar-refractivity contribution in [3.8, 4) is 5.75 Å². The van der Waals surface area contributed by atoms with E-state index in [9.17, 15) is 5.11 Å². The first-order valence-corrected chi connectivity index (χ1v) is 7.46. The van der Waals surface area contributed by atoms with Gasteiger partial charge in [0.1, 0.15) is 5.75 Å². The molecule has 0 spiro atoms. The first-order chi connectivity index (χ1) is 9.54. The normalized spacial score (nSPS) is 15.0. The monoisotopic (exact) mass is 336 g/mol. The number of fused-ring (bicyclic) bond motifs is 1. The predicted molar refractivity (Wildman–Crippen MR) is 79.9 cm³/mol. The van der Waals surface area contributed by atoms with E-state index in [2.05, 4.69) is 27.1 Å². The van der Waals surface area contributed by atoms with Crippen LogP contribution in [0.5, 0.6) is 5.75 Å². The summed E-state index contributed by atoms with van der Waals surface area (Å²) in [6.45, 7) is 2.65. The van der Waals surface area contributed by atoms with Crippen LogP contribution in [0.25, 0.3) is 0 Å². The lowest BCUT2D eigenvalue weighted by Crippen LogP contribution is -2.08. The van der Waals surface area contributed by atoms with E-state index in [0.29, 0.717) is 6.42 Å². The van der Waals surface area contributed by atoms with Gasteiger partial charge in [-0.05, 0) is 36.2 Å². The molecule has 0 saturated carbocycles. The van der Waals surface area contributed by atoms with E-state index in [0.717, 1.165) is 40.2 Å². The lowest BCUT2D eigenvalue weighted by molar-refractivity contribution is 0.167. The van der Waals surface area contributed by atoms with Gasteiger partial charge in [-0.2, -0.15) is 5.10 Å². The maximum Gasteiger partial charge on any atom is 0.125 e. The Morgan fingerprint density at radius 3 is 2.95 bits per heavy atom. The Kier molecular flexibility index (Phi) is 3.56. The van der Waals surface area contributed by atoms with Gasteiger partial charge < -0.3 is 9.84 Å². The summed E-state index contributed by atoms with van der Waals surface area (Å²) in [5, 5.41) is 14.7. The van der Waals surface area contributed by atoms with Crippen molar-refractivity contribution in [3.63, 3.8) is 0 Å². The van der Waals surface area contributed by atoms with Gasteiger partial charge in [-0.1, -0.05) is 15.9 Å². The molecule has 2 aromatic rings. The first-order valence-electron chi connectivity index (χ1n) is 6.67. The van der Waals surface area contributed by atoms with Gasteiger partial charge in [-0.3, -0.25) is 4.68 Å². The molecule has 1 aliphatic heterocycles. The standard InChI is InChI=1S/C15H17BrN2O2/c1-9-5-13(18(2)17-9)14(19)8-11-7-12(16)6-10-3-4-20-15(10)11/h5-7,14,19H,3-4,8H2,1-2H3. The average molecular weight is 337 g/mol. The predicted octanol–water partition coefficient (Wildman–Crippen LogP) is 2.70. The van der Waals surface area contributed by atoms with Gasteiger partial charge in [0.15, 0.2) is 0 Å². The molecule has 0 bridgehead atoms. The molecule has 0 radical (unpaired) electrons. The number of ether oxygens (including phenoxy) is 1. The third-order valence-corrected chi connectivity index (χ3v) is 4.08. The highest BCUT2D eigenvalue weighted by Gasteiger charge is 2.21. The zero-order chi connectivity index (χ0) is 14.3. The summed E-state index contributed by atoms with van der Waals surface area (Å²) < 4.78 is 8.47. The molecular weight excluding hydrogens is 320 g/mol. The molecule has 106 valence electrons. The summed E-state index contributed by atoms with van der Waals surface area (Å²) in [5.41, 5.74) is 3.99. The SMILES string of the molecule is Cc1cc(C(O)Cc2cc(Br)cc3c2OCC3)n(C)n1. The molecule has 1 N–H and O–H groups in total. The van der Waals surface area contributed by atoms with Crippen LogP contribution in [0.3, 0.4) is 0 Å². The van der Waals surface area contributed by atoms with Gasteiger partial charge in [0, 0.05) is 24.4 Å². The van der Waals surface area contributed by atoms with Crippen LogP contribution in [-0.4, -0.2) is 21.5 Å². The molecule has 0 fully saturated rings. The third kappa shape index (κ3) is 2.47. The van der Waals surface area contributed by atoms with Crippen molar-refractivity contribution in [2.45, 2.75) is 25.9 Å². The summed E-state index contributed by atoms with van der Waals surface area (Å²) in [6.07, 6.45) is 0.882. The first kappa shape index (κ1) is 13.6. The van der Waals surface area contributed by atoms with Crippen LogP contribution in [0, 0.1) is 6.92 Å². The molecule has 0 aliphatic carbocycles. The van der Waals surface area contributed by atoms with E-state index in [-0.39, 0.29) is 0 Å². The number of hydrogen-bond acceptors (Lipinski definition) is 3. The van der Waals surface area contributed by atoms with Crippen molar-refractivity contribution in [3.05, 3.63) is 45.2 Å². The van der Waals surface area contributed by atoms with Crippen LogP contribution in [-0.2, 0) is 19.9 Å². The van der Waals surface area contributed by atoms with Crippen molar-refractivity contribution in [1.82, 2.24) is 9.78 Å². The number of rotatable bonds is 3. The van der Waals surface area contributed by atoms with Crippen LogP contribution < -0.4 is 4.74 Å². The van der Waals surface area contributed by atoms with Crippen molar-refractivity contribution >= 4 is 15.9 Å². The number of benzene rings is 1. The van der Waals surface area contributed by atoms with Crippen LogP contribution in [0.2, 0.25) is 0 Å². The van der Waals surface area contributed by atoms with Gasteiger partial charge in [-0.15, -0.1) is 0 Å². The zero-order valence-electron chi connectivity index (χ0n) is 11.6. The van der Waals surface area contributed by atoms with Crippen LogP contribution in [0.15, 0.2) is 22.7 Å². The molecular formula is C15H17BrN2O2. The fourth-order valence-electron chi connectivity index (χ4n) is 2.75. The minimum atomic E-state index is -0.580. The number of nitrogens with zero attached hydrogens (tertiary/aromatic N) is 2. The number of aliphatic hydroxyl groups is 1. The molecule has 3 rings (SSSR count).